The van der Waals surface area contributed by atoms with E-state index in [1.165, 1.54) is 0 Å². The Labute approximate surface area is 81.2 Å². The quantitative estimate of drug-likeness (QED) is 0.429. The third-order valence-corrected chi connectivity index (χ3v) is 1.59. The van der Waals surface area contributed by atoms with Gasteiger partial charge in [0.25, 0.3) is 0 Å². The highest BCUT2D eigenvalue weighted by atomic mass is 16.3. The fraction of sp³-hybridized carbons (Fsp3) is 1.00. The number of rotatable bonds is 4. The first-order valence-corrected chi connectivity index (χ1v) is 4.32. The zero-order valence-corrected chi connectivity index (χ0v) is 8.40. The Morgan fingerprint density at radius 3 is 1.46 bits per heavy atom. The molecule has 5 N–H and O–H groups in total. The normalized spacial score (nSPS) is 13.1. The lowest BCUT2D eigenvalue weighted by Crippen LogP contribution is -2.50. The molecule has 0 rings (SSSR count). The highest BCUT2D eigenvalue weighted by Crippen LogP contribution is 1.97. The molecule has 0 fully saturated rings. The fourth-order valence-electron chi connectivity index (χ4n) is 0.150. The molecular formula is C8H20BNO3. The van der Waals surface area contributed by atoms with Crippen LogP contribution in [-0.4, -0.2) is 48.5 Å². The molecule has 0 aliphatic rings. The summed E-state index contributed by atoms with van der Waals surface area (Å²) >= 11 is 0. The predicted molar refractivity (Wildman–Crippen MR) is 53.6 cm³/mol. The van der Waals surface area contributed by atoms with E-state index in [4.69, 9.17) is 28.9 Å². The Morgan fingerprint density at radius 2 is 1.46 bits per heavy atom. The lowest BCUT2D eigenvalue weighted by Gasteiger charge is -2.20. The molecule has 5 heteroatoms. The first-order chi connectivity index (χ1) is 5.95. The van der Waals surface area contributed by atoms with Crippen LogP contribution in [0.4, 0.5) is 0 Å². The van der Waals surface area contributed by atoms with Crippen molar-refractivity contribution in [3.63, 3.8) is 0 Å². The number of nitrogens with two attached hydrogens (primary N) is 1. The van der Waals surface area contributed by atoms with Crippen LogP contribution < -0.4 is 5.73 Å². The van der Waals surface area contributed by atoms with Crippen molar-refractivity contribution in [3.8, 4) is 0 Å². The lowest BCUT2D eigenvalue weighted by molar-refractivity contribution is 0.0698. The minimum Gasteiger partial charge on any atom is -0.394 e. The fourth-order valence-corrected chi connectivity index (χ4v) is 0.150. The topological polar surface area (TPSA) is 86.7 Å². The van der Waals surface area contributed by atoms with E-state index in [1.807, 2.05) is 6.92 Å². The molecule has 1 atom stereocenters. The summed E-state index contributed by atoms with van der Waals surface area (Å²) in [5, 5.41) is 25.0. The van der Waals surface area contributed by atoms with Crippen LogP contribution in [0.1, 0.15) is 20.3 Å². The molecule has 0 aromatic rings. The van der Waals surface area contributed by atoms with E-state index >= 15 is 0 Å². The molecule has 0 aromatic heterocycles. The van der Waals surface area contributed by atoms with Gasteiger partial charge in [0.1, 0.15) is 0 Å². The second-order valence-corrected chi connectivity index (χ2v) is 3.22. The van der Waals surface area contributed by atoms with Gasteiger partial charge in [-0.05, 0) is 0 Å². The van der Waals surface area contributed by atoms with Crippen LogP contribution in [0.15, 0.2) is 0 Å². The van der Waals surface area contributed by atoms with Gasteiger partial charge in [0.05, 0.1) is 33.2 Å². The molecule has 0 spiro atoms. The first-order valence-electron chi connectivity index (χ1n) is 4.32. The molecule has 0 aromatic carbocycles. The summed E-state index contributed by atoms with van der Waals surface area (Å²) in [6.45, 7) is 2.87. The molecule has 78 valence electrons. The summed E-state index contributed by atoms with van der Waals surface area (Å²) < 4.78 is 0. The van der Waals surface area contributed by atoms with E-state index in [9.17, 15) is 0 Å². The van der Waals surface area contributed by atoms with E-state index in [0.717, 1.165) is 6.42 Å². The molecule has 0 aliphatic heterocycles. The highest BCUT2D eigenvalue weighted by molar-refractivity contribution is 6.11. The second-order valence-electron chi connectivity index (χ2n) is 3.22. The van der Waals surface area contributed by atoms with Crippen molar-refractivity contribution >= 4 is 7.85 Å². The molecule has 4 nitrogen and oxygen atoms in total. The van der Waals surface area contributed by atoms with Gasteiger partial charge in [-0.1, -0.05) is 26.1 Å². The Bertz CT molecular complexity index is 99.3. The predicted octanol–water partition coefficient (Wildman–Crippen LogP) is -0.966. The van der Waals surface area contributed by atoms with E-state index in [2.05, 4.69) is 6.92 Å². The molecule has 0 heterocycles. The van der Waals surface area contributed by atoms with Gasteiger partial charge in [-0.15, -0.1) is 0 Å². The number of hydrogen-bond donors (Lipinski definition) is 4. The van der Waals surface area contributed by atoms with Crippen molar-refractivity contribution in [2.45, 2.75) is 31.6 Å². The highest BCUT2D eigenvalue weighted by Gasteiger charge is 2.20. The van der Waals surface area contributed by atoms with Crippen LogP contribution in [0.2, 0.25) is 5.82 Å². The average Bonchev–Trinajstić information content (AvgIpc) is 2.17. The molecule has 13 heavy (non-hydrogen) atoms. The van der Waals surface area contributed by atoms with E-state index in [-0.39, 0.29) is 0 Å². The van der Waals surface area contributed by atoms with Crippen LogP contribution in [0.25, 0.3) is 0 Å². The van der Waals surface area contributed by atoms with E-state index in [1.54, 1.807) is 0 Å². The maximum Gasteiger partial charge on any atom is 0.0856 e. The Kier molecular flexibility index (Phi) is 10.1. The third kappa shape index (κ3) is 9.82. The monoisotopic (exact) mass is 189 g/mol. The second kappa shape index (κ2) is 8.50. The minimum absolute atomic E-state index is 0.384. The van der Waals surface area contributed by atoms with Crippen molar-refractivity contribution in [2.75, 3.05) is 19.8 Å². The largest absolute Gasteiger partial charge is 0.394 e. The zero-order valence-electron chi connectivity index (χ0n) is 8.40. The number of hydrogen-bond acceptors (Lipinski definition) is 4. The van der Waals surface area contributed by atoms with Crippen molar-refractivity contribution in [1.82, 2.24) is 0 Å². The average molecular weight is 189 g/mol. The Balaban J connectivity index is 0. The van der Waals surface area contributed by atoms with Gasteiger partial charge in [-0.2, -0.15) is 0 Å². The van der Waals surface area contributed by atoms with Gasteiger partial charge in [0.15, 0.2) is 0 Å². The van der Waals surface area contributed by atoms with Crippen molar-refractivity contribution in [1.29, 1.82) is 0 Å². The van der Waals surface area contributed by atoms with Crippen LogP contribution in [0.5, 0.6) is 0 Å². The smallest absolute Gasteiger partial charge is 0.0856 e. The molecule has 1 unspecified atom stereocenters. The maximum absolute atomic E-state index is 8.34. The Morgan fingerprint density at radius 1 is 1.23 bits per heavy atom. The summed E-state index contributed by atoms with van der Waals surface area (Å²) in [5.74, 6) is 0.384. The number of aliphatic hydroxyl groups excluding tert-OH is 3. The first kappa shape index (κ1) is 15.4. The standard InChI is InChI=1S/C4H9B.C4H11NO3/c1-3-4(2)5;5-4(1-6,2-7)3-8/h4H,3H2,1-2H3;6-8H,1-3,5H2. The van der Waals surface area contributed by atoms with E-state index in [0.29, 0.717) is 5.82 Å². The van der Waals surface area contributed by atoms with Crippen molar-refractivity contribution in [3.05, 3.63) is 0 Å². The summed E-state index contributed by atoms with van der Waals surface area (Å²) in [5.41, 5.74) is 3.94. The molecule has 0 saturated heterocycles. The lowest BCUT2D eigenvalue weighted by atomic mass is 9.88. The van der Waals surface area contributed by atoms with Crippen molar-refractivity contribution < 1.29 is 15.3 Å². The molecule has 0 saturated carbocycles. The van der Waals surface area contributed by atoms with Crippen LogP contribution >= 0.6 is 0 Å². The Hall–Kier alpha value is -0.0951. The molecule has 0 amide bonds. The summed E-state index contributed by atoms with van der Waals surface area (Å²) in [6.07, 6.45) is 1.08. The van der Waals surface area contributed by atoms with Gasteiger partial charge < -0.3 is 21.1 Å². The molecule has 2 radical (unpaired) electrons. The molecular weight excluding hydrogens is 169 g/mol. The molecule has 0 bridgehead atoms. The minimum atomic E-state index is -1.21. The van der Waals surface area contributed by atoms with Crippen molar-refractivity contribution in [2.24, 2.45) is 5.73 Å². The van der Waals surface area contributed by atoms with Crippen LogP contribution in [0.3, 0.4) is 0 Å². The van der Waals surface area contributed by atoms with Gasteiger partial charge in [-0.3, -0.25) is 0 Å². The SMILES string of the molecule is NC(CO)(CO)CO.[B]C(C)CC. The van der Waals surface area contributed by atoms with Gasteiger partial charge in [0.2, 0.25) is 0 Å². The van der Waals surface area contributed by atoms with Gasteiger partial charge in [0, 0.05) is 0 Å². The summed E-state index contributed by atoms with van der Waals surface area (Å²) in [7, 11) is 5.29. The maximum atomic E-state index is 8.34. The summed E-state index contributed by atoms with van der Waals surface area (Å²) in [4.78, 5) is 0. The molecule has 0 aliphatic carbocycles. The summed E-state index contributed by atoms with van der Waals surface area (Å²) in [6, 6.07) is 0. The zero-order chi connectivity index (χ0) is 10.9. The number of aliphatic hydroxyl groups is 3. The van der Waals surface area contributed by atoms with Crippen LogP contribution in [0, 0.1) is 0 Å². The van der Waals surface area contributed by atoms with Gasteiger partial charge in [-0.25, -0.2) is 0 Å². The van der Waals surface area contributed by atoms with E-state index < -0.39 is 25.4 Å². The van der Waals surface area contributed by atoms with Gasteiger partial charge >= 0.3 is 0 Å². The van der Waals surface area contributed by atoms with Crippen LogP contribution in [-0.2, 0) is 0 Å². The third-order valence-electron chi connectivity index (χ3n) is 1.59.